The predicted molar refractivity (Wildman–Crippen MR) is 110 cm³/mol. The van der Waals surface area contributed by atoms with Crippen LogP contribution in [-0.4, -0.2) is 14.5 Å². The second-order valence-electron chi connectivity index (χ2n) is 7.70. The van der Waals surface area contributed by atoms with E-state index < -0.39 is 0 Å². The van der Waals surface area contributed by atoms with Gasteiger partial charge in [-0.2, -0.15) is 0 Å². The molecule has 3 heteroatoms. The summed E-state index contributed by atoms with van der Waals surface area (Å²) < 4.78 is 2.46. The third-order valence-corrected chi connectivity index (χ3v) is 5.75. The summed E-state index contributed by atoms with van der Waals surface area (Å²) in [5.41, 5.74) is 9.81. The quantitative estimate of drug-likeness (QED) is 0.472. The Labute approximate surface area is 159 Å². The molecule has 27 heavy (non-hydrogen) atoms. The van der Waals surface area contributed by atoms with Crippen molar-refractivity contribution < 1.29 is 0 Å². The van der Waals surface area contributed by atoms with Crippen LogP contribution in [0.25, 0.3) is 22.2 Å². The second kappa shape index (κ2) is 6.05. The Morgan fingerprint density at radius 2 is 1.78 bits per heavy atom. The van der Waals surface area contributed by atoms with E-state index in [1.807, 2.05) is 13.1 Å². The summed E-state index contributed by atoms with van der Waals surface area (Å²) in [7, 11) is 0. The predicted octanol–water partition coefficient (Wildman–Crippen LogP) is 5.56. The highest BCUT2D eigenvalue weighted by molar-refractivity contribution is 5.83. The maximum absolute atomic E-state index is 4.92. The number of benzene rings is 2. The van der Waals surface area contributed by atoms with Gasteiger partial charge in [-0.25, -0.2) is 4.98 Å². The molecule has 0 amide bonds. The molecule has 3 heterocycles. The number of aromatic nitrogens is 3. The zero-order chi connectivity index (χ0) is 18.5. The SMILES string of the molecule is Cc1ccc(C)c(C2CCc3nc4ccc(-c5ccc(C)nc5)cc4n32)c1. The summed E-state index contributed by atoms with van der Waals surface area (Å²) >= 11 is 0. The lowest BCUT2D eigenvalue weighted by Gasteiger charge is -2.18. The maximum atomic E-state index is 4.92. The Morgan fingerprint density at radius 1 is 0.926 bits per heavy atom. The number of fused-ring (bicyclic) bond motifs is 3. The van der Waals surface area contributed by atoms with Gasteiger partial charge in [-0.05, 0) is 62.1 Å². The van der Waals surface area contributed by atoms with E-state index in [1.54, 1.807) is 0 Å². The van der Waals surface area contributed by atoms with Crippen LogP contribution in [0.3, 0.4) is 0 Å². The van der Waals surface area contributed by atoms with Crippen LogP contribution in [0.1, 0.15) is 40.7 Å². The molecule has 2 aromatic heterocycles. The lowest BCUT2D eigenvalue weighted by Crippen LogP contribution is -2.07. The molecule has 0 N–H and O–H groups in total. The summed E-state index contributed by atoms with van der Waals surface area (Å²) in [4.78, 5) is 9.37. The van der Waals surface area contributed by atoms with E-state index >= 15 is 0 Å². The average Bonchev–Trinajstić information content (AvgIpc) is 3.23. The molecule has 3 nitrogen and oxygen atoms in total. The highest BCUT2D eigenvalue weighted by atomic mass is 15.1. The molecule has 4 aromatic rings. The Kier molecular flexibility index (Phi) is 3.64. The third kappa shape index (κ3) is 2.66. The first-order valence-corrected chi connectivity index (χ1v) is 9.61. The molecule has 0 aliphatic carbocycles. The van der Waals surface area contributed by atoms with Gasteiger partial charge in [0.05, 0.1) is 17.1 Å². The molecule has 134 valence electrons. The standard InChI is InChI=1S/C24H23N3/c1-15-4-5-16(2)20(12-15)22-10-11-24-26-21-9-8-18(13-23(21)27(22)24)19-7-6-17(3)25-14-19/h4-9,12-14,22H,10-11H2,1-3H3. The first kappa shape index (κ1) is 16.2. The highest BCUT2D eigenvalue weighted by Gasteiger charge is 2.28. The largest absolute Gasteiger partial charge is 0.320 e. The minimum atomic E-state index is 0.372. The summed E-state index contributed by atoms with van der Waals surface area (Å²) in [6.07, 6.45) is 4.12. The molecule has 5 rings (SSSR count). The van der Waals surface area contributed by atoms with E-state index in [4.69, 9.17) is 4.98 Å². The number of pyridine rings is 1. The number of hydrogen-bond acceptors (Lipinski definition) is 2. The molecular weight excluding hydrogens is 330 g/mol. The van der Waals surface area contributed by atoms with Gasteiger partial charge in [-0.1, -0.05) is 35.9 Å². The van der Waals surface area contributed by atoms with Gasteiger partial charge in [0.15, 0.2) is 0 Å². The van der Waals surface area contributed by atoms with E-state index in [9.17, 15) is 0 Å². The minimum Gasteiger partial charge on any atom is -0.320 e. The first-order valence-electron chi connectivity index (χ1n) is 9.61. The van der Waals surface area contributed by atoms with Crippen LogP contribution in [-0.2, 0) is 6.42 Å². The molecule has 0 fully saturated rings. The zero-order valence-electron chi connectivity index (χ0n) is 16.0. The van der Waals surface area contributed by atoms with Crippen molar-refractivity contribution in [3.05, 3.63) is 82.9 Å². The van der Waals surface area contributed by atoms with Crippen molar-refractivity contribution in [2.24, 2.45) is 0 Å². The van der Waals surface area contributed by atoms with Crippen LogP contribution < -0.4 is 0 Å². The molecule has 1 unspecified atom stereocenters. The molecule has 0 bridgehead atoms. The van der Waals surface area contributed by atoms with E-state index in [2.05, 4.69) is 71.9 Å². The third-order valence-electron chi connectivity index (χ3n) is 5.75. The number of aryl methyl sites for hydroxylation is 4. The van der Waals surface area contributed by atoms with Gasteiger partial charge in [-0.15, -0.1) is 0 Å². The number of hydrogen-bond donors (Lipinski definition) is 0. The smallest absolute Gasteiger partial charge is 0.110 e. The van der Waals surface area contributed by atoms with Gasteiger partial charge in [0.1, 0.15) is 5.82 Å². The monoisotopic (exact) mass is 353 g/mol. The van der Waals surface area contributed by atoms with E-state index in [0.29, 0.717) is 6.04 Å². The van der Waals surface area contributed by atoms with E-state index in [0.717, 1.165) is 29.6 Å². The summed E-state index contributed by atoms with van der Waals surface area (Å²) in [6.45, 7) is 6.41. The fourth-order valence-corrected chi connectivity index (χ4v) is 4.29. The van der Waals surface area contributed by atoms with Crippen LogP contribution in [0, 0.1) is 20.8 Å². The van der Waals surface area contributed by atoms with Gasteiger partial charge in [0, 0.05) is 23.9 Å². The molecule has 0 radical (unpaired) electrons. The van der Waals surface area contributed by atoms with Crippen LogP contribution in [0.5, 0.6) is 0 Å². The lowest BCUT2D eigenvalue weighted by atomic mass is 9.97. The molecule has 0 saturated heterocycles. The number of imidazole rings is 1. The molecule has 0 saturated carbocycles. The van der Waals surface area contributed by atoms with Crippen LogP contribution in [0.15, 0.2) is 54.7 Å². The number of nitrogens with zero attached hydrogens (tertiary/aromatic N) is 3. The van der Waals surface area contributed by atoms with Crippen molar-refractivity contribution in [1.82, 2.24) is 14.5 Å². The summed E-state index contributed by atoms with van der Waals surface area (Å²) in [6, 6.07) is 18.0. The molecule has 0 spiro atoms. The molecule has 2 aromatic carbocycles. The van der Waals surface area contributed by atoms with Crippen molar-refractivity contribution >= 4 is 11.0 Å². The maximum Gasteiger partial charge on any atom is 0.110 e. The Bertz CT molecular complexity index is 1150. The molecule has 1 aliphatic heterocycles. The van der Waals surface area contributed by atoms with Crippen LogP contribution >= 0.6 is 0 Å². The van der Waals surface area contributed by atoms with Crippen molar-refractivity contribution in [1.29, 1.82) is 0 Å². The fraction of sp³-hybridized carbons (Fsp3) is 0.250. The molecule has 1 atom stereocenters. The fourth-order valence-electron chi connectivity index (χ4n) is 4.29. The van der Waals surface area contributed by atoms with Gasteiger partial charge >= 0.3 is 0 Å². The summed E-state index contributed by atoms with van der Waals surface area (Å²) in [5.74, 6) is 1.20. The Morgan fingerprint density at radius 3 is 2.59 bits per heavy atom. The normalized spacial score (nSPS) is 16.0. The van der Waals surface area contributed by atoms with Crippen LogP contribution in [0.4, 0.5) is 0 Å². The van der Waals surface area contributed by atoms with Gasteiger partial charge in [0.2, 0.25) is 0 Å². The number of rotatable bonds is 2. The first-order chi connectivity index (χ1) is 13.1. The summed E-state index contributed by atoms with van der Waals surface area (Å²) in [5, 5.41) is 0. The van der Waals surface area contributed by atoms with E-state index in [1.165, 1.54) is 33.6 Å². The Balaban J connectivity index is 1.67. The zero-order valence-corrected chi connectivity index (χ0v) is 16.0. The van der Waals surface area contributed by atoms with Gasteiger partial charge in [0.25, 0.3) is 0 Å². The molecular formula is C24H23N3. The van der Waals surface area contributed by atoms with Crippen LogP contribution in [0.2, 0.25) is 0 Å². The van der Waals surface area contributed by atoms with Crippen molar-refractivity contribution in [3.8, 4) is 11.1 Å². The van der Waals surface area contributed by atoms with Crippen molar-refractivity contribution in [3.63, 3.8) is 0 Å². The van der Waals surface area contributed by atoms with Crippen molar-refractivity contribution in [2.45, 2.75) is 39.7 Å². The van der Waals surface area contributed by atoms with Gasteiger partial charge in [-0.3, -0.25) is 4.98 Å². The average molecular weight is 353 g/mol. The minimum absolute atomic E-state index is 0.372. The Hall–Kier alpha value is -2.94. The topological polar surface area (TPSA) is 30.7 Å². The van der Waals surface area contributed by atoms with Crippen molar-refractivity contribution in [2.75, 3.05) is 0 Å². The molecule has 1 aliphatic rings. The lowest BCUT2D eigenvalue weighted by molar-refractivity contribution is 0.633. The highest BCUT2D eigenvalue weighted by Crippen LogP contribution is 2.38. The van der Waals surface area contributed by atoms with E-state index in [-0.39, 0.29) is 0 Å². The van der Waals surface area contributed by atoms with Gasteiger partial charge < -0.3 is 4.57 Å². The second-order valence-corrected chi connectivity index (χ2v) is 7.70.